The number of rotatable bonds is 7. The molecule has 148 valence electrons. The lowest BCUT2D eigenvalue weighted by Crippen LogP contribution is -2.49. The normalized spacial score (nSPS) is 14.6. The van der Waals surface area contributed by atoms with E-state index in [2.05, 4.69) is 4.90 Å². The van der Waals surface area contributed by atoms with Gasteiger partial charge in [-0.2, -0.15) is 0 Å². The first-order valence-corrected chi connectivity index (χ1v) is 9.47. The fourth-order valence-corrected chi connectivity index (χ4v) is 3.24. The Morgan fingerprint density at radius 2 is 1.82 bits per heavy atom. The van der Waals surface area contributed by atoms with Gasteiger partial charge >= 0.3 is 0 Å². The second-order valence-corrected chi connectivity index (χ2v) is 7.03. The maximum atomic E-state index is 12.4. The summed E-state index contributed by atoms with van der Waals surface area (Å²) >= 11 is 5.92. The summed E-state index contributed by atoms with van der Waals surface area (Å²) < 4.78 is 10.7. The predicted molar refractivity (Wildman–Crippen MR) is 107 cm³/mol. The molecule has 1 fully saturated rings. The van der Waals surface area contributed by atoms with Gasteiger partial charge in [0.2, 0.25) is 0 Å². The SMILES string of the molecule is COc1cc(OCC(=O)N2CCN(Cc3ccc(Cl)cc3)CC2)ccc1C=O. The predicted octanol–water partition coefficient (Wildman–Crippen LogP) is 2.88. The molecule has 1 amide bonds. The van der Waals surface area contributed by atoms with E-state index >= 15 is 0 Å². The molecule has 7 heteroatoms. The van der Waals surface area contributed by atoms with E-state index in [1.165, 1.54) is 12.7 Å². The Hall–Kier alpha value is -2.57. The summed E-state index contributed by atoms with van der Waals surface area (Å²) in [6.07, 6.45) is 0.720. The molecule has 0 unspecified atom stereocenters. The second kappa shape index (κ2) is 9.57. The van der Waals surface area contributed by atoms with E-state index < -0.39 is 0 Å². The molecular weight excluding hydrogens is 380 g/mol. The molecule has 0 aromatic heterocycles. The van der Waals surface area contributed by atoms with Crippen molar-refractivity contribution in [3.63, 3.8) is 0 Å². The lowest BCUT2D eigenvalue weighted by atomic mass is 10.2. The third-order valence-electron chi connectivity index (χ3n) is 4.74. The maximum Gasteiger partial charge on any atom is 0.260 e. The van der Waals surface area contributed by atoms with E-state index in [0.717, 1.165) is 30.9 Å². The van der Waals surface area contributed by atoms with Crippen molar-refractivity contribution < 1.29 is 19.1 Å². The summed E-state index contributed by atoms with van der Waals surface area (Å²) in [5, 5.41) is 0.734. The van der Waals surface area contributed by atoms with Crippen LogP contribution in [0.5, 0.6) is 11.5 Å². The summed E-state index contributed by atoms with van der Waals surface area (Å²) in [7, 11) is 1.49. The van der Waals surface area contributed by atoms with E-state index in [9.17, 15) is 9.59 Å². The summed E-state index contributed by atoms with van der Waals surface area (Å²) in [5.41, 5.74) is 1.65. The van der Waals surface area contributed by atoms with Crippen LogP contribution in [-0.4, -0.2) is 61.9 Å². The highest BCUT2D eigenvalue weighted by atomic mass is 35.5. The molecule has 2 aromatic rings. The number of nitrogens with zero attached hydrogens (tertiary/aromatic N) is 2. The van der Waals surface area contributed by atoms with E-state index in [4.69, 9.17) is 21.1 Å². The number of piperazine rings is 1. The number of methoxy groups -OCH3 is 1. The molecule has 0 N–H and O–H groups in total. The third kappa shape index (κ3) is 5.24. The molecule has 0 atom stereocenters. The number of carbonyl (C=O) groups excluding carboxylic acids is 2. The topological polar surface area (TPSA) is 59.1 Å². The van der Waals surface area contributed by atoms with Crippen LogP contribution in [0.25, 0.3) is 0 Å². The molecule has 0 aliphatic carbocycles. The van der Waals surface area contributed by atoms with Crippen LogP contribution in [0.3, 0.4) is 0 Å². The van der Waals surface area contributed by atoms with Crippen LogP contribution < -0.4 is 9.47 Å². The van der Waals surface area contributed by atoms with Crippen molar-refractivity contribution in [3.8, 4) is 11.5 Å². The van der Waals surface area contributed by atoms with Crippen molar-refractivity contribution in [2.24, 2.45) is 0 Å². The number of amides is 1. The Balaban J connectivity index is 1.46. The van der Waals surface area contributed by atoms with Crippen molar-refractivity contribution >= 4 is 23.8 Å². The zero-order valence-corrected chi connectivity index (χ0v) is 16.5. The zero-order valence-electron chi connectivity index (χ0n) is 15.8. The molecule has 1 heterocycles. The number of carbonyl (C=O) groups is 2. The van der Waals surface area contributed by atoms with E-state index in [0.29, 0.717) is 30.2 Å². The van der Waals surface area contributed by atoms with E-state index in [1.807, 2.05) is 29.2 Å². The van der Waals surface area contributed by atoms with Crippen LogP contribution in [0.2, 0.25) is 5.02 Å². The highest BCUT2D eigenvalue weighted by Crippen LogP contribution is 2.23. The molecule has 0 radical (unpaired) electrons. The number of ether oxygens (including phenoxy) is 2. The fraction of sp³-hybridized carbons (Fsp3) is 0.333. The van der Waals surface area contributed by atoms with Crippen LogP contribution in [0, 0.1) is 0 Å². The lowest BCUT2D eigenvalue weighted by Gasteiger charge is -2.34. The molecule has 0 spiro atoms. The Bertz CT molecular complexity index is 818. The maximum absolute atomic E-state index is 12.4. The van der Waals surface area contributed by atoms with Crippen LogP contribution in [-0.2, 0) is 11.3 Å². The van der Waals surface area contributed by atoms with E-state index in [-0.39, 0.29) is 12.5 Å². The van der Waals surface area contributed by atoms with Crippen molar-refractivity contribution in [3.05, 3.63) is 58.6 Å². The summed E-state index contributed by atoms with van der Waals surface area (Å²) in [4.78, 5) is 27.5. The molecule has 0 saturated carbocycles. The first kappa shape index (κ1) is 20.2. The molecule has 6 nitrogen and oxygen atoms in total. The average molecular weight is 403 g/mol. The second-order valence-electron chi connectivity index (χ2n) is 6.59. The number of hydrogen-bond donors (Lipinski definition) is 0. The molecular formula is C21H23ClN2O4. The number of halogens is 1. The fourth-order valence-electron chi connectivity index (χ4n) is 3.12. The van der Waals surface area contributed by atoms with Gasteiger partial charge in [-0.3, -0.25) is 14.5 Å². The molecule has 2 aromatic carbocycles. The van der Waals surface area contributed by atoms with E-state index in [1.54, 1.807) is 18.2 Å². The van der Waals surface area contributed by atoms with Crippen LogP contribution in [0.4, 0.5) is 0 Å². The molecule has 1 saturated heterocycles. The van der Waals surface area contributed by atoms with Gasteiger partial charge in [0.05, 0.1) is 12.7 Å². The van der Waals surface area contributed by atoms with Gasteiger partial charge in [0.15, 0.2) is 12.9 Å². The number of benzene rings is 2. The van der Waals surface area contributed by atoms with Gasteiger partial charge in [-0.15, -0.1) is 0 Å². The Morgan fingerprint density at radius 1 is 1.11 bits per heavy atom. The minimum absolute atomic E-state index is 0.0409. The Morgan fingerprint density at radius 3 is 2.46 bits per heavy atom. The van der Waals surface area contributed by atoms with Gasteiger partial charge in [-0.05, 0) is 29.8 Å². The number of hydrogen-bond acceptors (Lipinski definition) is 5. The van der Waals surface area contributed by atoms with Crippen LogP contribution in [0.1, 0.15) is 15.9 Å². The van der Waals surface area contributed by atoms with Gasteiger partial charge in [0.1, 0.15) is 11.5 Å². The van der Waals surface area contributed by atoms with Gasteiger partial charge in [0.25, 0.3) is 5.91 Å². The highest BCUT2D eigenvalue weighted by molar-refractivity contribution is 6.30. The summed E-state index contributed by atoms with van der Waals surface area (Å²) in [6, 6.07) is 12.7. The molecule has 3 rings (SSSR count). The van der Waals surface area contributed by atoms with Crippen molar-refractivity contribution in [2.45, 2.75) is 6.54 Å². The van der Waals surface area contributed by atoms with Crippen LogP contribution >= 0.6 is 11.6 Å². The first-order chi connectivity index (χ1) is 13.6. The quantitative estimate of drug-likeness (QED) is 0.666. The van der Waals surface area contributed by atoms with Crippen molar-refractivity contribution in [2.75, 3.05) is 39.9 Å². The monoisotopic (exact) mass is 402 g/mol. The minimum atomic E-state index is -0.0513. The lowest BCUT2D eigenvalue weighted by molar-refractivity contribution is -0.135. The first-order valence-electron chi connectivity index (χ1n) is 9.09. The standard InChI is InChI=1S/C21H23ClN2O4/c1-27-20-12-19(7-4-17(20)14-25)28-15-21(26)24-10-8-23(9-11-24)13-16-2-5-18(22)6-3-16/h2-7,12,14H,8-11,13,15H2,1H3. The molecule has 1 aliphatic heterocycles. The molecule has 0 bridgehead atoms. The van der Waals surface area contributed by atoms with Crippen molar-refractivity contribution in [1.29, 1.82) is 0 Å². The van der Waals surface area contributed by atoms with Gasteiger partial charge < -0.3 is 14.4 Å². The largest absolute Gasteiger partial charge is 0.496 e. The molecule has 28 heavy (non-hydrogen) atoms. The van der Waals surface area contributed by atoms with Gasteiger partial charge in [-0.1, -0.05) is 23.7 Å². The summed E-state index contributed by atoms with van der Waals surface area (Å²) in [6.45, 7) is 3.78. The van der Waals surface area contributed by atoms with Crippen LogP contribution in [0.15, 0.2) is 42.5 Å². The smallest absolute Gasteiger partial charge is 0.260 e. The van der Waals surface area contributed by atoms with Gasteiger partial charge in [0, 0.05) is 43.8 Å². The average Bonchev–Trinajstić information content (AvgIpc) is 2.74. The highest BCUT2D eigenvalue weighted by Gasteiger charge is 2.21. The molecule has 1 aliphatic rings. The Labute approximate surface area is 169 Å². The Kier molecular flexibility index (Phi) is 6.90. The summed E-state index contributed by atoms with van der Waals surface area (Å²) in [5.74, 6) is 0.873. The third-order valence-corrected chi connectivity index (χ3v) is 4.99. The minimum Gasteiger partial charge on any atom is -0.496 e. The zero-order chi connectivity index (χ0) is 19.9. The van der Waals surface area contributed by atoms with Gasteiger partial charge in [-0.25, -0.2) is 0 Å². The van der Waals surface area contributed by atoms with Crippen molar-refractivity contribution in [1.82, 2.24) is 9.80 Å². The number of aldehydes is 1.